The molecule has 1 atom stereocenters. The minimum Gasteiger partial charge on any atom is -0.454 e. The first-order chi connectivity index (χ1) is 9.08. The van der Waals surface area contributed by atoms with Gasteiger partial charge >= 0.3 is 6.03 Å². The van der Waals surface area contributed by atoms with Gasteiger partial charge in [0, 0.05) is 6.07 Å². The number of carbonyl (C=O) groups is 2. The fourth-order valence-electron chi connectivity index (χ4n) is 2.22. The zero-order valence-electron chi connectivity index (χ0n) is 10.7. The first-order valence-corrected chi connectivity index (χ1v) is 6.12. The molecule has 0 aliphatic carbocycles. The van der Waals surface area contributed by atoms with Gasteiger partial charge in [-0.05, 0) is 18.1 Å². The summed E-state index contributed by atoms with van der Waals surface area (Å²) < 4.78 is 10.5. The molecule has 1 fully saturated rings. The van der Waals surface area contributed by atoms with Gasteiger partial charge in [0.2, 0.25) is 6.79 Å². The zero-order chi connectivity index (χ0) is 13.6. The van der Waals surface area contributed by atoms with Crippen LogP contribution in [0.2, 0.25) is 0 Å². The smallest absolute Gasteiger partial charge is 0.329 e. The van der Waals surface area contributed by atoms with E-state index in [1.54, 1.807) is 18.2 Å². The summed E-state index contributed by atoms with van der Waals surface area (Å²) in [5, 5.41) is 2.68. The van der Waals surface area contributed by atoms with Gasteiger partial charge < -0.3 is 14.8 Å². The number of anilines is 1. The second kappa shape index (κ2) is 4.15. The van der Waals surface area contributed by atoms with E-state index in [9.17, 15) is 9.59 Å². The normalized spacial score (nSPS) is 21.2. The van der Waals surface area contributed by atoms with Gasteiger partial charge in [-0.1, -0.05) is 13.8 Å². The molecule has 6 nitrogen and oxygen atoms in total. The predicted molar refractivity (Wildman–Crippen MR) is 67.2 cm³/mol. The topological polar surface area (TPSA) is 67.9 Å². The van der Waals surface area contributed by atoms with E-state index in [2.05, 4.69) is 5.32 Å². The van der Waals surface area contributed by atoms with Gasteiger partial charge in [-0.25, -0.2) is 9.69 Å². The monoisotopic (exact) mass is 262 g/mol. The van der Waals surface area contributed by atoms with Gasteiger partial charge in [-0.15, -0.1) is 0 Å². The van der Waals surface area contributed by atoms with E-state index in [1.807, 2.05) is 13.8 Å². The Hall–Kier alpha value is -2.24. The minimum atomic E-state index is -0.474. The van der Waals surface area contributed by atoms with Gasteiger partial charge in [0.15, 0.2) is 11.5 Å². The molecule has 3 rings (SSSR count). The molecule has 0 aromatic heterocycles. The maximum atomic E-state index is 12.2. The highest BCUT2D eigenvalue weighted by atomic mass is 16.7. The number of hydrogen-bond acceptors (Lipinski definition) is 4. The van der Waals surface area contributed by atoms with Crippen molar-refractivity contribution in [3.63, 3.8) is 0 Å². The SMILES string of the molecule is CC(C)C1NC(=O)N(c2ccc3c(c2)OCO3)C1=O. The van der Waals surface area contributed by atoms with Crippen molar-refractivity contribution >= 4 is 17.6 Å². The van der Waals surface area contributed by atoms with Crippen LogP contribution >= 0.6 is 0 Å². The van der Waals surface area contributed by atoms with Crippen LogP contribution in [0.3, 0.4) is 0 Å². The van der Waals surface area contributed by atoms with E-state index < -0.39 is 12.1 Å². The van der Waals surface area contributed by atoms with E-state index in [1.165, 1.54) is 0 Å². The summed E-state index contributed by atoms with van der Waals surface area (Å²) in [4.78, 5) is 25.3. The summed E-state index contributed by atoms with van der Waals surface area (Å²) in [7, 11) is 0. The van der Waals surface area contributed by atoms with Crippen molar-refractivity contribution in [2.24, 2.45) is 5.92 Å². The molecular weight excluding hydrogens is 248 g/mol. The van der Waals surface area contributed by atoms with Crippen LogP contribution in [-0.2, 0) is 4.79 Å². The standard InChI is InChI=1S/C13H14N2O4/c1-7(2)11-12(16)15(13(17)14-11)8-3-4-9-10(5-8)19-6-18-9/h3-5,7,11H,6H2,1-2H3,(H,14,17). The zero-order valence-corrected chi connectivity index (χ0v) is 10.7. The van der Waals surface area contributed by atoms with Gasteiger partial charge in [-0.3, -0.25) is 4.79 Å². The van der Waals surface area contributed by atoms with Crippen molar-refractivity contribution in [2.75, 3.05) is 11.7 Å². The number of rotatable bonds is 2. The highest BCUT2D eigenvalue weighted by Gasteiger charge is 2.40. The molecule has 0 saturated carbocycles. The van der Waals surface area contributed by atoms with Crippen LogP contribution < -0.4 is 19.7 Å². The summed E-state index contributed by atoms with van der Waals surface area (Å²) >= 11 is 0. The maximum absolute atomic E-state index is 12.2. The highest BCUT2D eigenvalue weighted by Crippen LogP contribution is 2.36. The number of urea groups is 1. The predicted octanol–water partition coefficient (Wildman–Crippen LogP) is 1.50. The van der Waals surface area contributed by atoms with Crippen LogP contribution in [0.25, 0.3) is 0 Å². The molecule has 1 N–H and O–H groups in total. The van der Waals surface area contributed by atoms with Gasteiger partial charge in [-0.2, -0.15) is 0 Å². The molecule has 3 amide bonds. The average molecular weight is 262 g/mol. The first kappa shape index (κ1) is 11.8. The Kier molecular flexibility index (Phi) is 2.58. The number of ether oxygens (including phenoxy) is 2. The quantitative estimate of drug-likeness (QED) is 0.820. The molecule has 19 heavy (non-hydrogen) atoms. The van der Waals surface area contributed by atoms with Crippen molar-refractivity contribution in [3.8, 4) is 11.5 Å². The fraction of sp³-hybridized carbons (Fsp3) is 0.385. The van der Waals surface area contributed by atoms with E-state index in [0.717, 1.165) is 4.90 Å². The van der Waals surface area contributed by atoms with Crippen molar-refractivity contribution in [2.45, 2.75) is 19.9 Å². The highest BCUT2D eigenvalue weighted by molar-refractivity contribution is 6.21. The van der Waals surface area contributed by atoms with Crippen molar-refractivity contribution in [3.05, 3.63) is 18.2 Å². The minimum absolute atomic E-state index is 0.0514. The number of nitrogens with zero attached hydrogens (tertiary/aromatic N) is 1. The number of carbonyl (C=O) groups excluding carboxylic acids is 2. The summed E-state index contributed by atoms with van der Waals surface area (Å²) in [6.07, 6.45) is 0. The summed E-state index contributed by atoms with van der Waals surface area (Å²) in [5.74, 6) is 0.983. The lowest BCUT2D eigenvalue weighted by Crippen LogP contribution is -2.34. The van der Waals surface area contributed by atoms with Crippen molar-refractivity contribution in [1.29, 1.82) is 0 Å². The first-order valence-electron chi connectivity index (χ1n) is 6.12. The fourth-order valence-corrected chi connectivity index (χ4v) is 2.22. The second-order valence-corrected chi connectivity index (χ2v) is 4.88. The Morgan fingerprint density at radius 3 is 2.68 bits per heavy atom. The van der Waals surface area contributed by atoms with Crippen molar-refractivity contribution in [1.82, 2.24) is 5.32 Å². The van der Waals surface area contributed by atoms with Gasteiger partial charge in [0.25, 0.3) is 5.91 Å². The molecular formula is C13H14N2O4. The van der Waals surface area contributed by atoms with Crippen LogP contribution in [0.4, 0.5) is 10.5 Å². The number of hydrogen-bond donors (Lipinski definition) is 1. The molecule has 1 aromatic carbocycles. The average Bonchev–Trinajstić information content (AvgIpc) is 2.93. The molecule has 6 heteroatoms. The Bertz CT molecular complexity index is 556. The third kappa shape index (κ3) is 1.80. The lowest BCUT2D eigenvalue weighted by atomic mass is 10.0. The lowest BCUT2D eigenvalue weighted by molar-refractivity contribution is -0.119. The third-order valence-electron chi connectivity index (χ3n) is 3.25. The Labute approximate surface area is 110 Å². The molecule has 100 valence electrons. The number of amides is 3. The van der Waals surface area contributed by atoms with Crippen LogP contribution in [0.15, 0.2) is 18.2 Å². The van der Waals surface area contributed by atoms with Gasteiger partial charge in [0.1, 0.15) is 6.04 Å². The molecule has 0 spiro atoms. The summed E-state index contributed by atoms with van der Waals surface area (Å²) in [5.41, 5.74) is 0.495. The molecule has 0 radical (unpaired) electrons. The Morgan fingerprint density at radius 2 is 2.00 bits per heavy atom. The lowest BCUT2D eigenvalue weighted by Gasteiger charge is -2.14. The number of benzene rings is 1. The Morgan fingerprint density at radius 1 is 1.26 bits per heavy atom. The van der Waals surface area contributed by atoms with E-state index >= 15 is 0 Å². The molecule has 2 heterocycles. The number of nitrogens with one attached hydrogen (secondary N) is 1. The van der Waals surface area contributed by atoms with Crippen LogP contribution in [0, 0.1) is 5.92 Å². The van der Waals surface area contributed by atoms with Gasteiger partial charge in [0.05, 0.1) is 5.69 Å². The molecule has 0 bridgehead atoms. The number of fused-ring (bicyclic) bond motifs is 1. The summed E-state index contributed by atoms with van der Waals surface area (Å²) in [6.45, 7) is 3.95. The van der Waals surface area contributed by atoms with Crippen LogP contribution in [-0.4, -0.2) is 24.8 Å². The van der Waals surface area contributed by atoms with E-state index in [4.69, 9.17) is 9.47 Å². The number of imide groups is 1. The molecule has 2 aliphatic heterocycles. The largest absolute Gasteiger partial charge is 0.454 e. The molecule has 2 aliphatic rings. The molecule has 1 saturated heterocycles. The van der Waals surface area contributed by atoms with E-state index in [-0.39, 0.29) is 18.6 Å². The van der Waals surface area contributed by atoms with Crippen molar-refractivity contribution < 1.29 is 19.1 Å². The summed E-state index contributed by atoms with van der Waals surface area (Å²) in [6, 6.07) is 4.14. The third-order valence-corrected chi connectivity index (χ3v) is 3.25. The Balaban J connectivity index is 1.94. The second-order valence-electron chi connectivity index (χ2n) is 4.88. The van der Waals surface area contributed by atoms with E-state index in [0.29, 0.717) is 17.2 Å². The van der Waals surface area contributed by atoms with Crippen LogP contribution in [0.5, 0.6) is 11.5 Å². The molecule has 1 unspecified atom stereocenters. The maximum Gasteiger partial charge on any atom is 0.329 e. The van der Waals surface area contributed by atoms with Crippen LogP contribution in [0.1, 0.15) is 13.8 Å². The molecule has 1 aromatic rings.